The first-order valence-corrected chi connectivity index (χ1v) is 5.27. The second kappa shape index (κ2) is 4.85. The minimum absolute atomic E-state index is 0.542. The molecule has 0 saturated carbocycles. The van der Waals surface area contributed by atoms with E-state index in [0.29, 0.717) is 5.69 Å². The van der Waals surface area contributed by atoms with Crippen LogP contribution in [-0.4, -0.2) is 24.6 Å². The third-order valence-corrected chi connectivity index (χ3v) is 2.35. The SMILES string of the molecule is CCCn1cncc1C(O)c1cnccn1. The standard InChI is InChI=1S/C11H14N4O/c1-2-5-15-8-13-7-10(15)11(16)9-6-12-3-4-14-9/h3-4,6-8,11,16H,2,5H2,1H3. The highest BCUT2D eigenvalue weighted by Gasteiger charge is 2.15. The number of nitrogens with zero attached hydrogens (tertiary/aromatic N) is 4. The molecule has 0 aliphatic rings. The number of aliphatic hydroxyl groups is 1. The van der Waals surface area contributed by atoms with Crippen LogP contribution in [0.5, 0.6) is 0 Å². The summed E-state index contributed by atoms with van der Waals surface area (Å²) in [6.07, 6.45) is 8.33. The van der Waals surface area contributed by atoms with Gasteiger partial charge in [0.15, 0.2) is 0 Å². The van der Waals surface area contributed by atoms with E-state index in [1.807, 2.05) is 4.57 Å². The Morgan fingerprint density at radius 3 is 2.88 bits per heavy atom. The molecule has 1 unspecified atom stereocenters. The van der Waals surface area contributed by atoms with Crippen LogP contribution in [0.15, 0.2) is 31.1 Å². The van der Waals surface area contributed by atoms with Gasteiger partial charge < -0.3 is 9.67 Å². The van der Waals surface area contributed by atoms with Crippen LogP contribution in [0.3, 0.4) is 0 Å². The van der Waals surface area contributed by atoms with Gasteiger partial charge in [0.05, 0.1) is 30.1 Å². The van der Waals surface area contributed by atoms with Gasteiger partial charge in [0.1, 0.15) is 6.10 Å². The number of imidazole rings is 1. The number of rotatable bonds is 4. The average molecular weight is 218 g/mol. The summed E-state index contributed by atoms with van der Waals surface area (Å²) in [4.78, 5) is 12.1. The van der Waals surface area contributed by atoms with Crippen LogP contribution in [-0.2, 0) is 6.54 Å². The summed E-state index contributed by atoms with van der Waals surface area (Å²) in [5, 5.41) is 10.1. The molecule has 0 aliphatic carbocycles. The molecule has 0 aliphatic heterocycles. The first kappa shape index (κ1) is 10.8. The number of aromatic nitrogens is 4. The van der Waals surface area contributed by atoms with Gasteiger partial charge in [0, 0.05) is 18.9 Å². The molecule has 0 bridgehead atoms. The van der Waals surface area contributed by atoms with E-state index < -0.39 is 6.10 Å². The van der Waals surface area contributed by atoms with E-state index in [4.69, 9.17) is 0 Å². The van der Waals surface area contributed by atoms with Gasteiger partial charge in [-0.15, -0.1) is 0 Å². The third-order valence-electron chi connectivity index (χ3n) is 2.35. The van der Waals surface area contributed by atoms with Gasteiger partial charge in [-0.2, -0.15) is 0 Å². The Kier molecular flexibility index (Phi) is 3.26. The topological polar surface area (TPSA) is 63.8 Å². The Labute approximate surface area is 93.8 Å². The first-order valence-electron chi connectivity index (χ1n) is 5.27. The lowest BCUT2D eigenvalue weighted by atomic mass is 10.2. The minimum Gasteiger partial charge on any atom is -0.380 e. The molecule has 0 amide bonds. The maximum absolute atomic E-state index is 10.1. The highest BCUT2D eigenvalue weighted by atomic mass is 16.3. The lowest BCUT2D eigenvalue weighted by molar-refractivity contribution is 0.204. The van der Waals surface area contributed by atoms with E-state index in [9.17, 15) is 5.11 Å². The summed E-state index contributed by atoms with van der Waals surface area (Å²) in [5.41, 5.74) is 1.29. The first-order chi connectivity index (χ1) is 7.83. The predicted molar refractivity (Wildman–Crippen MR) is 58.6 cm³/mol. The zero-order valence-electron chi connectivity index (χ0n) is 9.11. The van der Waals surface area contributed by atoms with Gasteiger partial charge in [-0.25, -0.2) is 4.98 Å². The molecule has 2 heterocycles. The summed E-state index contributed by atoms with van der Waals surface area (Å²) in [5.74, 6) is 0. The molecule has 0 fully saturated rings. The summed E-state index contributed by atoms with van der Waals surface area (Å²) in [6.45, 7) is 2.92. The molecule has 2 rings (SSSR count). The fraction of sp³-hybridized carbons (Fsp3) is 0.364. The molecular formula is C11H14N4O. The summed E-state index contributed by atoms with van der Waals surface area (Å²) in [7, 11) is 0. The van der Waals surface area contributed by atoms with Crippen molar-refractivity contribution in [2.75, 3.05) is 0 Å². The highest BCUT2D eigenvalue weighted by Crippen LogP contribution is 2.18. The second-order valence-corrected chi connectivity index (χ2v) is 3.54. The lowest BCUT2D eigenvalue weighted by Gasteiger charge is -2.12. The van der Waals surface area contributed by atoms with Gasteiger partial charge in [0.25, 0.3) is 0 Å². The zero-order valence-corrected chi connectivity index (χ0v) is 9.11. The summed E-state index contributed by atoms with van der Waals surface area (Å²) < 4.78 is 1.93. The van der Waals surface area contributed by atoms with E-state index in [-0.39, 0.29) is 0 Å². The van der Waals surface area contributed by atoms with Crippen LogP contribution in [0.25, 0.3) is 0 Å². The molecule has 0 radical (unpaired) electrons. The van der Waals surface area contributed by atoms with E-state index >= 15 is 0 Å². The largest absolute Gasteiger partial charge is 0.380 e. The minimum atomic E-state index is -0.761. The highest BCUT2D eigenvalue weighted by molar-refractivity contribution is 5.15. The average Bonchev–Trinajstić information content (AvgIpc) is 2.78. The number of aliphatic hydroxyl groups excluding tert-OH is 1. The number of hydrogen-bond acceptors (Lipinski definition) is 4. The van der Waals surface area contributed by atoms with Gasteiger partial charge in [-0.05, 0) is 6.42 Å². The maximum atomic E-state index is 10.1. The van der Waals surface area contributed by atoms with Gasteiger partial charge in [-0.1, -0.05) is 6.92 Å². The van der Waals surface area contributed by atoms with E-state index in [0.717, 1.165) is 18.7 Å². The van der Waals surface area contributed by atoms with Gasteiger partial charge >= 0.3 is 0 Å². The van der Waals surface area contributed by atoms with Gasteiger partial charge in [0.2, 0.25) is 0 Å². The third kappa shape index (κ3) is 2.09. The number of aryl methyl sites for hydroxylation is 1. The fourth-order valence-corrected chi connectivity index (χ4v) is 1.59. The Morgan fingerprint density at radius 2 is 2.19 bits per heavy atom. The molecule has 84 valence electrons. The molecule has 0 saturated heterocycles. The van der Waals surface area contributed by atoms with Crippen LogP contribution < -0.4 is 0 Å². The molecule has 2 aromatic rings. The van der Waals surface area contributed by atoms with Crippen molar-refractivity contribution < 1.29 is 5.11 Å². The Bertz CT molecular complexity index is 440. The maximum Gasteiger partial charge on any atom is 0.139 e. The second-order valence-electron chi connectivity index (χ2n) is 3.54. The predicted octanol–water partition coefficient (Wildman–Crippen LogP) is 1.16. The smallest absolute Gasteiger partial charge is 0.139 e. The van der Waals surface area contributed by atoms with E-state index in [1.165, 1.54) is 0 Å². The molecule has 2 aromatic heterocycles. The fourth-order valence-electron chi connectivity index (χ4n) is 1.59. The van der Waals surface area contributed by atoms with Gasteiger partial charge in [-0.3, -0.25) is 9.97 Å². The normalized spacial score (nSPS) is 12.6. The van der Waals surface area contributed by atoms with Crippen LogP contribution >= 0.6 is 0 Å². The van der Waals surface area contributed by atoms with Crippen molar-refractivity contribution in [2.24, 2.45) is 0 Å². The van der Waals surface area contributed by atoms with Crippen LogP contribution in [0.4, 0.5) is 0 Å². The molecule has 1 N–H and O–H groups in total. The van der Waals surface area contributed by atoms with Crippen molar-refractivity contribution in [3.05, 3.63) is 42.5 Å². The summed E-state index contributed by atoms with van der Waals surface area (Å²) in [6, 6.07) is 0. The van der Waals surface area contributed by atoms with Crippen molar-refractivity contribution in [1.29, 1.82) is 0 Å². The van der Waals surface area contributed by atoms with Crippen LogP contribution in [0.2, 0.25) is 0 Å². The quantitative estimate of drug-likeness (QED) is 0.836. The van der Waals surface area contributed by atoms with Crippen molar-refractivity contribution in [2.45, 2.75) is 26.0 Å². The molecule has 0 aromatic carbocycles. The monoisotopic (exact) mass is 218 g/mol. The van der Waals surface area contributed by atoms with E-state index in [2.05, 4.69) is 21.9 Å². The Hall–Kier alpha value is -1.75. The van der Waals surface area contributed by atoms with Crippen molar-refractivity contribution in [3.8, 4) is 0 Å². The molecule has 5 nitrogen and oxygen atoms in total. The molecule has 5 heteroatoms. The molecule has 1 atom stereocenters. The van der Waals surface area contributed by atoms with Crippen molar-refractivity contribution >= 4 is 0 Å². The number of hydrogen-bond donors (Lipinski definition) is 1. The Morgan fingerprint density at radius 1 is 1.31 bits per heavy atom. The Balaban J connectivity index is 2.27. The van der Waals surface area contributed by atoms with Crippen molar-refractivity contribution in [3.63, 3.8) is 0 Å². The van der Waals surface area contributed by atoms with E-state index in [1.54, 1.807) is 31.1 Å². The summed E-state index contributed by atoms with van der Waals surface area (Å²) >= 11 is 0. The molecular weight excluding hydrogens is 204 g/mol. The van der Waals surface area contributed by atoms with Crippen molar-refractivity contribution in [1.82, 2.24) is 19.5 Å². The molecule has 16 heavy (non-hydrogen) atoms. The lowest BCUT2D eigenvalue weighted by Crippen LogP contribution is -2.09. The molecule has 0 spiro atoms. The van der Waals surface area contributed by atoms with Crippen LogP contribution in [0.1, 0.15) is 30.8 Å². The zero-order chi connectivity index (χ0) is 11.4. The van der Waals surface area contributed by atoms with Crippen LogP contribution in [0, 0.1) is 0 Å².